The fourth-order valence-electron chi connectivity index (χ4n) is 3.56. The van der Waals surface area contributed by atoms with E-state index in [2.05, 4.69) is 4.98 Å². The predicted molar refractivity (Wildman–Crippen MR) is 120 cm³/mol. The average molecular weight is 418 g/mol. The molecule has 0 aliphatic carbocycles. The predicted octanol–water partition coefficient (Wildman–Crippen LogP) is 4.93. The number of aromatic nitrogens is 2. The number of benzene rings is 1. The summed E-state index contributed by atoms with van der Waals surface area (Å²) in [6.45, 7) is 0. The van der Waals surface area contributed by atoms with Gasteiger partial charge in [0.25, 0.3) is 0 Å². The molecule has 0 radical (unpaired) electrons. The van der Waals surface area contributed by atoms with Crippen LogP contribution >= 0.6 is 0 Å². The highest BCUT2D eigenvalue weighted by atomic mass is 16.4. The second-order valence-corrected chi connectivity index (χ2v) is 7.51. The van der Waals surface area contributed by atoms with Gasteiger partial charge in [-0.3, -0.25) is 23.9 Å². The van der Waals surface area contributed by atoms with Gasteiger partial charge in [0, 0.05) is 36.8 Å². The zero-order valence-corrected chi connectivity index (χ0v) is 17.4. The highest BCUT2D eigenvalue weighted by Gasteiger charge is 2.15. The van der Waals surface area contributed by atoms with E-state index in [4.69, 9.17) is 5.11 Å². The van der Waals surface area contributed by atoms with Crippen molar-refractivity contribution in [1.29, 1.82) is 0 Å². The number of carbonyl (C=O) groups is 3. The molecule has 0 spiro atoms. The number of carboxylic acid groups (broad SMARTS) is 1. The lowest BCUT2D eigenvalue weighted by Crippen LogP contribution is -2.09. The van der Waals surface area contributed by atoms with Crippen LogP contribution in [0.25, 0.3) is 17.0 Å². The summed E-state index contributed by atoms with van der Waals surface area (Å²) in [5, 5.41) is 9.91. The summed E-state index contributed by atoms with van der Waals surface area (Å²) in [7, 11) is 0. The molecule has 0 saturated carbocycles. The van der Waals surface area contributed by atoms with Crippen LogP contribution in [0.4, 0.5) is 0 Å². The zero-order valence-electron chi connectivity index (χ0n) is 17.4. The normalized spacial score (nSPS) is 11.2. The summed E-state index contributed by atoms with van der Waals surface area (Å²) in [5.74, 6) is -0.867. The lowest BCUT2D eigenvalue weighted by Gasteiger charge is -2.04. The van der Waals surface area contributed by atoms with Gasteiger partial charge in [-0.25, -0.2) is 0 Å². The Balaban J connectivity index is 1.42. The Morgan fingerprint density at radius 3 is 2.48 bits per heavy atom. The van der Waals surface area contributed by atoms with E-state index in [-0.39, 0.29) is 18.1 Å². The molecule has 0 atom stereocenters. The number of unbranched alkanes of at least 4 members (excludes halogenated alkanes) is 3. The molecule has 31 heavy (non-hydrogen) atoms. The molecule has 6 nitrogen and oxygen atoms in total. The van der Waals surface area contributed by atoms with Crippen molar-refractivity contribution in [2.75, 3.05) is 0 Å². The van der Waals surface area contributed by atoms with Crippen LogP contribution in [0.1, 0.15) is 54.4 Å². The molecule has 2 aromatic heterocycles. The number of allylic oxidation sites excluding steroid dienone is 1. The molecular formula is C25H26N2O4. The number of ketones is 1. The molecule has 160 valence electrons. The van der Waals surface area contributed by atoms with Gasteiger partial charge in [0.2, 0.25) is 5.91 Å². The van der Waals surface area contributed by atoms with Crippen LogP contribution in [-0.4, -0.2) is 32.3 Å². The van der Waals surface area contributed by atoms with Crippen molar-refractivity contribution in [3.63, 3.8) is 0 Å². The first-order chi connectivity index (χ1) is 15.0. The number of fused-ring (bicyclic) bond motifs is 1. The average Bonchev–Trinajstić information content (AvgIpc) is 3.13. The van der Waals surface area contributed by atoms with E-state index in [1.165, 1.54) is 0 Å². The van der Waals surface area contributed by atoms with Crippen LogP contribution in [0.15, 0.2) is 61.1 Å². The third-order valence-electron chi connectivity index (χ3n) is 5.11. The third kappa shape index (κ3) is 6.47. The molecule has 1 aromatic carbocycles. The summed E-state index contributed by atoms with van der Waals surface area (Å²) in [6.07, 6.45) is 12.5. The minimum Gasteiger partial charge on any atom is -0.481 e. The molecule has 0 fully saturated rings. The molecule has 1 N–H and O–H groups in total. The van der Waals surface area contributed by atoms with Crippen LogP contribution in [0, 0.1) is 0 Å². The highest BCUT2D eigenvalue weighted by Crippen LogP contribution is 2.22. The minimum atomic E-state index is -0.917. The van der Waals surface area contributed by atoms with Crippen LogP contribution < -0.4 is 0 Å². The standard InChI is InChI=1S/C25H26N2O4/c28-21(14-13-19-8-7-15-26-17-19)9-3-1-2-4-12-24(29)27-18-20(16-25(30)31)22-10-5-6-11-23(22)27/h5-8,10-11,13-15,17-18H,1-4,9,12,16H2,(H,30,31)/b14-13+. The Hall–Kier alpha value is -3.54. The van der Waals surface area contributed by atoms with Gasteiger partial charge >= 0.3 is 5.97 Å². The molecule has 2 heterocycles. The molecule has 0 aliphatic rings. The first-order valence-corrected chi connectivity index (χ1v) is 10.5. The maximum atomic E-state index is 12.7. The van der Waals surface area contributed by atoms with Crippen LogP contribution in [-0.2, 0) is 16.0 Å². The van der Waals surface area contributed by atoms with E-state index < -0.39 is 5.97 Å². The largest absolute Gasteiger partial charge is 0.481 e. The third-order valence-corrected chi connectivity index (χ3v) is 5.11. The van der Waals surface area contributed by atoms with E-state index in [0.29, 0.717) is 18.4 Å². The Bertz CT molecular complexity index is 1080. The second-order valence-electron chi connectivity index (χ2n) is 7.51. The van der Waals surface area contributed by atoms with Gasteiger partial charge in [-0.15, -0.1) is 0 Å². The Morgan fingerprint density at radius 2 is 1.74 bits per heavy atom. The molecule has 0 saturated heterocycles. The first kappa shape index (κ1) is 22.2. The fraction of sp³-hybridized carbons (Fsp3) is 0.280. The maximum Gasteiger partial charge on any atom is 0.307 e. The monoisotopic (exact) mass is 418 g/mol. The van der Waals surface area contributed by atoms with E-state index in [0.717, 1.165) is 42.1 Å². The van der Waals surface area contributed by atoms with Gasteiger partial charge in [0.1, 0.15) is 0 Å². The van der Waals surface area contributed by atoms with Crippen LogP contribution in [0.3, 0.4) is 0 Å². The molecule has 0 amide bonds. The molecule has 0 aliphatic heterocycles. The van der Waals surface area contributed by atoms with Crippen molar-refractivity contribution >= 4 is 34.6 Å². The number of pyridine rings is 1. The molecule has 6 heteroatoms. The van der Waals surface area contributed by atoms with E-state index in [1.54, 1.807) is 35.3 Å². The van der Waals surface area contributed by atoms with Gasteiger partial charge in [0.15, 0.2) is 5.78 Å². The lowest BCUT2D eigenvalue weighted by molar-refractivity contribution is -0.136. The topological polar surface area (TPSA) is 89.3 Å². The van der Waals surface area contributed by atoms with E-state index in [9.17, 15) is 14.4 Å². The number of rotatable bonds is 11. The summed E-state index contributed by atoms with van der Waals surface area (Å²) in [4.78, 5) is 39.7. The van der Waals surface area contributed by atoms with Gasteiger partial charge in [-0.05, 0) is 48.3 Å². The summed E-state index contributed by atoms with van der Waals surface area (Å²) in [5.41, 5.74) is 2.29. The summed E-state index contributed by atoms with van der Waals surface area (Å²) >= 11 is 0. The zero-order chi connectivity index (χ0) is 22.1. The Morgan fingerprint density at radius 1 is 0.968 bits per heavy atom. The fourth-order valence-corrected chi connectivity index (χ4v) is 3.56. The van der Waals surface area contributed by atoms with Gasteiger partial charge in [-0.1, -0.05) is 37.1 Å². The van der Waals surface area contributed by atoms with Crippen molar-refractivity contribution in [2.45, 2.75) is 44.9 Å². The second kappa shape index (κ2) is 11.0. The SMILES string of the molecule is O=C(O)Cc1cn(C(=O)CCCCCCC(=O)/C=C/c2cccnc2)c2ccccc12. The molecule has 0 bridgehead atoms. The first-order valence-electron chi connectivity index (χ1n) is 10.5. The number of hydrogen-bond donors (Lipinski definition) is 1. The number of para-hydroxylation sites is 1. The van der Waals surface area contributed by atoms with Crippen LogP contribution in [0.2, 0.25) is 0 Å². The van der Waals surface area contributed by atoms with Crippen molar-refractivity contribution in [1.82, 2.24) is 9.55 Å². The molecule has 3 rings (SSSR count). The highest BCUT2D eigenvalue weighted by molar-refractivity contribution is 5.96. The number of nitrogens with zero attached hydrogens (tertiary/aromatic N) is 2. The summed E-state index contributed by atoms with van der Waals surface area (Å²) < 4.78 is 1.57. The van der Waals surface area contributed by atoms with Crippen LogP contribution in [0.5, 0.6) is 0 Å². The van der Waals surface area contributed by atoms with Gasteiger partial charge < -0.3 is 5.11 Å². The van der Waals surface area contributed by atoms with Crippen molar-refractivity contribution in [3.05, 3.63) is 72.2 Å². The van der Waals surface area contributed by atoms with E-state index in [1.807, 2.05) is 36.4 Å². The number of carboxylic acids is 1. The van der Waals surface area contributed by atoms with Crippen molar-refractivity contribution < 1.29 is 19.5 Å². The molecular weight excluding hydrogens is 392 g/mol. The minimum absolute atomic E-state index is 0.0386. The van der Waals surface area contributed by atoms with E-state index >= 15 is 0 Å². The maximum absolute atomic E-state index is 12.7. The quantitative estimate of drug-likeness (QED) is 0.352. The lowest BCUT2D eigenvalue weighted by atomic mass is 10.1. The number of hydrogen-bond acceptors (Lipinski definition) is 4. The summed E-state index contributed by atoms with van der Waals surface area (Å²) in [6, 6.07) is 11.1. The van der Waals surface area contributed by atoms with Gasteiger partial charge in [0.05, 0.1) is 11.9 Å². The molecule has 3 aromatic rings. The van der Waals surface area contributed by atoms with Crippen molar-refractivity contribution in [3.8, 4) is 0 Å². The number of carbonyl (C=O) groups excluding carboxylic acids is 2. The van der Waals surface area contributed by atoms with Gasteiger partial charge in [-0.2, -0.15) is 0 Å². The van der Waals surface area contributed by atoms with Crippen molar-refractivity contribution in [2.24, 2.45) is 0 Å². The smallest absolute Gasteiger partial charge is 0.307 e. The Labute approximate surface area is 181 Å². The number of aliphatic carboxylic acids is 1. The Kier molecular flexibility index (Phi) is 7.87. The molecule has 0 unspecified atom stereocenters.